The number of benzene rings is 2. The first-order valence-corrected chi connectivity index (χ1v) is 7.51. The van der Waals surface area contributed by atoms with Crippen LogP contribution >= 0.6 is 38.5 Å². The lowest BCUT2D eigenvalue weighted by Crippen LogP contribution is -2.17. The van der Waals surface area contributed by atoms with Crippen LogP contribution in [0.1, 0.15) is 15.9 Å². The van der Waals surface area contributed by atoms with E-state index in [9.17, 15) is 9.90 Å². The van der Waals surface area contributed by atoms with E-state index < -0.39 is 5.91 Å². The van der Waals surface area contributed by atoms with Gasteiger partial charge in [-0.3, -0.25) is 4.79 Å². The Kier molecular flexibility index (Phi) is 5.13. The summed E-state index contributed by atoms with van der Waals surface area (Å²) in [6.45, 7) is 0. The van der Waals surface area contributed by atoms with Crippen LogP contribution in [0.4, 0.5) is 0 Å². The third kappa shape index (κ3) is 3.80. The van der Waals surface area contributed by atoms with E-state index in [1.807, 2.05) is 24.3 Å². The molecule has 2 rings (SSSR count). The Morgan fingerprint density at radius 2 is 2.05 bits per heavy atom. The van der Waals surface area contributed by atoms with Crippen molar-refractivity contribution in [2.45, 2.75) is 0 Å². The molecule has 0 heterocycles. The van der Waals surface area contributed by atoms with Crippen molar-refractivity contribution >= 4 is 50.6 Å². The van der Waals surface area contributed by atoms with Gasteiger partial charge in [-0.2, -0.15) is 5.10 Å². The summed E-state index contributed by atoms with van der Waals surface area (Å²) < 4.78 is 1.75. The molecule has 0 aliphatic rings. The molecule has 0 aromatic heterocycles. The summed E-state index contributed by atoms with van der Waals surface area (Å²) in [4.78, 5) is 11.9. The predicted molar refractivity (Wildman–Crippen MR) is 90.0 cm³/mol. The molecule has 2 aromatic carbocycles. The molecule has 0 atom stereocenters. The highest BCUT2D eigenvalue weighted by atomic mass is 127. The Bertz CT molecular complexity index is 674. The Morgan fingerprint density at radius 1 is 1.30 bits per heavy atom. The summed E-state index contributed by atoms with van der Waals surface area (Å²) in [7, 11) is 0. The lowest BCUT2D eigenvalue weighted by molar-refractivity contribution is 0.0952. The van der Waals surface area contributed by atoms with Crippen LogP contribution < -0.4 is 5.43 Å². The van der Waals surface area contributed by atoms with Crippen LogP contribution in [0, 0.1) is 3.57 Å². The number of phenols is 1. The predicted octanol–water partition coefficient (Wildman–Crippen LogP) is 3.52. The number of hydrogen-bond acceptors (Lipinski definition) is 3. The summed E-state index contributed by atoms with van der Waals surface area (Å²) in [5.74, 6) is -0.525. The third-order valence-electron chi connectivity index (χ3n) is 2.48. The van der Waals surface area contributed by atoms with Crippen LogP contribution in [0.15, 0.2) is 52.0 Å². The Morgan fingerprint density at radius 3 is 2.80 bits per heavy atom. The summed E-state index contributed by atoms with van der Waals surface area (Å²) in [5.41, 5.74) is 3.43. The molecule has 0 bridgehead atoms. The van der Waals surface area contributed by atoms with E-state index in [1.165, 1.54) is 12.3 Å². The number of aromatic hydroxyl groups is 1. The molecule has 0 spiro atoms. The zero-order valence-corrected chi connectivity index (χ0v) is 13.9. The lowest BCUT2D eigenvalue weighted by atomic mass is 10.2. The SMILES string of the molecule is O=C(N/N=C/c1ccccc1Br)c1cc(I)ccc1O. The molecule has 1 amide bonds. The van der Waals surface area contributed by atoms with Gasteiger partial charge in [0.25, 0.3) is 5.91 Å². The van der Waals surface area contributed by atoms with Crippen molar-refractivity contribution in [2.24, 2.45) is 5.10 Å². The van der Waals surface area contributed by atoms with Crippen molar-refractivity contribution in [1.82, 2.24) is 5.43 Å². The molecule has 4 nitrogen and oxygen atoms in total. The van der Waals surface area contributed by atoms with E-state index >= 15 is 0 Å². The number of carbonyl (C=O) groups is 1. The van der Waals surface area contributed by atoms with E-state index in [1.54, 1.807) is 12.1 Å². The fourth-order valence-corrected chi connectivity index (χ4v) is 2.37. The molecule has 2 aromatic rings. The number of rotatable bonds is 3. The van der Waals surface area contributed by atoms with Crippen LogP contribution in [-0.4, -0.2) is 17.2 Å². The van der Waals surface area contributed by atoms with Gasteiger partial charge in [0, 0.05) is 13.6 Å². The maximum Gasteiger partial charge on any atom is 0.275 e. The van der Waals surface area contributed by atoms with Crippen LogP contribution in [0.3, 0.4) is 0 Å². The van der Waals surface area contributed by atoms with Crippen molar-refractivity contribution in [2.75, 3.05) is 0 Å². The van der Waals surface area contributed by atoms with Crippen molar-refractivity contribution < 1.29 is 9.90 Å². The monoisotopic (exact) mass is 444 g/mol. The number of amides is 1. The first-order chi connectivity index (χ1) is 9.58. The normalized spacial score (nSPS) is 10.7. The zero-order valence-electron chi connectivity index (χ0n) is 10.2. The molecule has 0 aliphatic carbocycles. The highest BCUT2D eigenvalue weighted by molar-refractivity contribution is 14.1. The van der Waals surface area contributed by atoms with E-state index in [2.05, 4.69) is 49.0 Å². The number of nitrogens with zero attached hydrogens (tertiary/aromatic N) is 1. The van der Waals surface area contributed by atoms with Gasteiger partial charge in [-0.1, -0.05) is 34.1 Å². The van der Waals surface area contributed by atoms with E-state index in [0.717, 1.165) is 13.6 Å². The maximum atomic E-state index is 11.9. The van der Waals surface area contributed by atoms with Crippen molar-refractivity contribution in [3.63, 3.8) is 0 Å². The van der Waals surface area contributed by atoms with Crippen molar-refractivity contribution in [1.29, 1.82) is 0 Å². The van der Waals surface area contributed by atoms with Gasteiger partial charge in [-0.05, 0) is 46.9 Å². The van der Waals surface area contributed by atoms with Crippen molar-refractivity contribution in [3.8, 4) is 5.75 Å². The molecule has 2 N–H and O–H groups in total. The van der Waals surface area contributed by atoms with E-state index in [4.69, 9.17) is 0 Å². The van der Waals surface area contributed by atoms with Crippen LogP contribution in [0.5, 0.6) is 5.75 Å². The molecular weight excluding hydrogens is 435 g/mol. The minimum absolute atomic E-state index is 0.0704. The number of halogens is 2. The first-order valence-electron chi connectivity index (χ1n) is 5.64. The second-order valence-electron chi connectivity index (χ2n) is 3.88. The molecule has 0 radical (unpaired) electrons. The van der Waals surface area contributed by atoms with E-state index in [0.29, 0.717) is 0 Å². The van der Waals surface area contributed by atoms with Gasteiger partial charge in [0.15, 0.2) is 0 Å². The molecule has 20 heavy (non-hydrogen) atoms. The van der Waals surface area contributed by atoms with Crippen LogP contribution in [-0.2, 0) is 0 Å². The number of hydrazone groups is 1. The highest BCUT2D eigenvalue weighted by Crippen LogP contribution is 2.19. The largest absolute Gasteiger partial charge is 0.507 e. The second kappa shape index (κ2) is 6.85. The number of phenolic OH excluding ortho intramolecular Hbond substituents is 1. The van der Waals surface area contributed by atoms with Gasteiger partial charge in [0.1, 0.15) is 5.75 Å². The summed E-state index contributed by atoms with van der Waals surface area (Å²) >= 11 is 5.46. The third-order valence-corrected chi connectivity index (χ3v) is 3.87. The van der Waals surface area contributed by atoms with Crippen molar-refractivity contribution in [3.05, 3.63) is 61.6 Å². The van der Waals surface area contributed by atoms with Crippen LogP contribution in [0.25, 0.3) is 0 Å². The van der Waals surface area contributed by atoms with Gasteiger partial charge in [-0.15, -0.1) is 0 Å². The Hall–Kier alpha value is -1.41. The Labute approximate surface area is 138 Å². The topological polar surface area (TPSA) is 61.7 Å². The molecule has 0 fully saturated rings. The summed E-state index contributed by atoms with van der Waals surface area (Å²) in [6, 6.07) is 12.3. The zero-order chi connectivity index (χ0) is 14.5. The molecule has 0 saturated carbocycles. The average Bonchev–Trinajstić information content (AvgIpc) is 2.43. The number of nitrogens with one attached hydrogen (secondary N) is 1. The minimum Gasteiger partial charge on any atom is -0.507 e. The van der Waals surface area contributed by atoms with Gasteiger partial charge in [0.05, 0.1) is 11.8 Å². The molecule has 0 saturated heterocycles. The molecule has 0 aliphatic heterocycles. The van der Waals surface area contributed by atoms with Gasteiger partial charge in [-0.25, -0.2) is 5.43 Å². The van der Waals surface area contributed by atoms with Crippen LogP contribution in [0.2, 0.25) is 0 Å². The minimum atomic E-state index is -0.454. The Balaban J connectivity index is 2.09. The van der Waals surface area contributed by atoms with E-state index in [-0.39, 0.29) is 11.3 Å². The number of hydrogen-bond donors (Lipinski definition) is 2. The summed E-state index contributed by atoms with van der Waals surface area (Å²) in [5, 5.41) is 13.5. The first kappa shape index (κ1) is 15.0. The molecule has 6 heteroatoms. The lowest BCUT2D eigenvalue weighted by Gasteiger charge is -2.03. The molecule has 0 unspecified atom stereocenters. The fourth-order valence-electron chi connectivity index (χ4n) is 1.49. The molecular formula is C14H10BrIN2O2. The van der Waals surface area contributed by atoms with Gasteiger partial charge < -0.3 is 5.11 Å². The fraction of sp³-hybridized carbons (Fsp3) is 0. The maximum absolute atomic E-state index is 11.9. The second-order valence-corrected chi connectivity index (χ2v) is 5.98. The van der Waals surface area contributed by atoms with Gasteiger partial charge in [0.2, 0.25) is 0 Å². The molecule has 102 valence electrons. The highest BCUT2D eigenvalue weighted by Gasteiger charge is 2.10. The quantitative estimate of drug-likeness (QED) is 0.432. The average molecular weight is 445 g/mol. The summed E-state index contributed by atoms with van der Waals surface area (Å²) in [6.07, 6.45) is 1.53. The van der Waals surface area contributed by atoms with Gasteiger partial charge >= 0.3 is 0 Å². The number of carbonyl (C=O) groups excluding carboxylic acids is 1. The standard InChI is InChI=1S/C14H10BrIN2O2/c15-12-4-2-1-3-9(12)8-17-18-14(20)11-7-10(16)5-6-13(11)19/h1-8,19H,(H,18,20)/b17-8+. The smallest absolute Gasteiger partial charge is 0.275 e.